The summed E-state index contributed by atoms with van der Waals surface area (Å²) in [5.74, 6) is -0.506. The van der Waals surface area contributed by atoms with E-state index in [1.807, 2.05) is 6.92 Å². The van der Waals surface area contributed by atoms with E-state index in [1.54, 1.807) is 18.4 Å². The normalized spacial score (nSPS) is 29.1. The van der Waals surface area contributed by atoms with Crippen molar-refractivity contribution in [1.82, 2.24) is 87.2 Å². The Morgan fingerprint density at radius 1 is 0.397 bits per heavy atom. The molecular weight excluding hydrogens is 2140 g/mol. The Morgan fingerprint density at radius 3 is 1.24 bits per heavy atom. The highest BCUT2D eigenvalue weighted by molar-refractivity contribution is 8.09. The number of aromatic nitrogens is 18. The van der Waals surface area contributed by atoms with E-state index >= 15 is 0 Å². The standard InChI is InChI=1S/C77H112N23O36P5S5/c1-10-39-41(23-46(126-39)98-33-87-47-62(80)83-31-85-64(47)98)132-138(108,143)123-28-43-52(57(119-19-14-114-7)71(129-43)97-26-38(4)67(102)94-77(97)106)133-137(107,142)22-11-40-51(56(118-18-13-113-6)70(127-40)95-24-36(2)60(78)90-75(95)104)134-140(110,145)124-30-45-54(59(121-21-16-116-9)73(131-45)100-35-89-49-66(100)92-74(82)93-68(49)103)136-141(111,146)125-29-44-53(58(120-20-15-115-8)72(130-44)96-25-37(3)61(79)91-76(96)105)135-139(109,144)122-27-42-50(101)55(117-17-12-112-5)69(128-42)99-34-88-48-63(81)84-32-86-65(48)99/h24-26,31-35,39-46,50-59,69-73,101H,10-23,27-30H2,1-9H3,(H,107,142)(H,108,143)(H,109,144)(H,110,145)(H,111,146)(H2,78,90,104)(H2,79,91,105)(H2,80,83,85)(H2,81,84,86)(H,94,102,106)(H3,82,92,93,103)/t39-,40-,41-,42-,43-,44-,45-,46-,50+,51+,52+,53+,54+,55?,56?,57?,58?,59?,69-,70-,71-,72-,73-,137?,138?,139?,140?,141?/m1/s1. The van der Waals surface area contributed by atoms with Gasteiger partial charge in [0.05, 0.1) is 130 Å². The zero-order chi connectivity index (χ0) is 105. The molecule has 0 radical (unpaired) electrons. The molecule has 18 N–H and O–H groups in total. The molecule has 6 aliphatic heterocycles. The summed E-state index contributed by atoms with van der Waals surface area (Å²) in [7, 11) is 6.96. The third kappa shape index (κ3) is 26.3. The van der Waals surface area contributed by atoms with Crippen molar-refractivity contribution in [2.45, 2.75) is 188 Å². The number of nitrogens with two attached hydrogens (primary N) is 5. The van der Waals surface area contributed by atoms with Crippen LogP contribution < -0.4 is 56.9 Å². The number of nitrogen functional groups attached to an aromatic ring is 5. The quantitative estimate of drug-likeness (QED) is 0.0160. The number of ether oxygens (including phenoxy) is 16. The Balaban J connectivity index is 0.719. The smallest absolute Gasteiger partial charge is 0.351 e. The van der Waals surface area contributed by atoms with Crippen molar-refractivity contribution in [3.63, 3.8) is 0 Å². The van der Waals surface area contributed by atoms with Crippen LogP contribution in [0, 0.1) is 20.8 Å². The summed E-state index contributed by atoms with van der Waals surface area (Å²) in [5.41, 5.74) is 27.5. The van der Waals surface area contributed by atoms with Crippen LogP contribution in [0.2, 0.25) is 0 Å². The molecule has 6 aliphatic rings. The monoisotopic (exact) mass is 2250 g/mol. The number of nitrogens with zero attached hydrogens (tertiary/aromatic N) is 16. The average Bonchev–Trinajstić information content (AvgIpc) is 1.61. The first-order valence-corrected chi connectivity index (χ1v) is 58.2. The van der Waals surface area contributed by atoms with Gasteiger partial charge in [0.2, 0.25) is 5.95 Å². The molecule has 15 rings (SSSR count). The minimum atomic E-state index is -5.01. The number of imidazole rings is 3. The molecule has 0 spiro atoms. The summed E-state index contributed by atoms with van der Waals surface area (Å²) in [6.45, 7) is -21.9. The van der Waals surface area contributed by atoms with Gasteiger partial charge in [0.15, 0.2) is 71.7 Å². The largest absolute Gasteiger partial charge is 0.387 e. The van der Waals surface area contributed by atoms with Crippen molar-refractivity contribution in [1.29, 1.82) is 0 Å². The van der Waals surface area contributed by atoms with E-state index in [0.717, 1.165) is 20.0 Å². The van der Waals surface area contributed by atoms with Gasteiger partial charge in [-0.3, -0.25) is 60.5 Å². The molecule has 6 fully saturated rings. The number of H-pyrrole nitrogens is 2. The molecule has 6 saturated heterocycles. The van der Waals surface area contributed by atoms with Crippen LogP contribution in [0.1, 0.15) is 80.2 Å². The van der Waals surface area contributed by atoms with E-state index in [9.17, 15) is 53.5 Å². The molecule has 146 heavy (non-hydrogen) atoms. The highest BCUT2D eigenvalue weighted by atomic mass is 32.5. The van der Waals surface area contributed by atoms with Crippen LogP contribution in [0.5, 0.6) is 0 Å². The van der Waals surface area contributed by atoms with Gasteiger partial charge in [0.25, 0.3) is 11.1 Å². The molecule has 0 saturated carbocycles. The van der Waals surface area contributed by atoms with Crippen LogP contribution in [-0.4, -0.2) is 355 Å². The van der Waals surface area contributed by atoms with Gasteiger partial charge in [0, 0.05) is 83.4 Å². The average molecular weight is 2250 g/mol. The fourth-order valence-electron chi connectivity index (χ4n) is 17.0. The lowest BCUT2D eigenvalue weighted by atomic mass is 10.1. The molecule has 69 heteroatoms. The Labute approximate surface area is 853 Å². The minimum Gasteiger partial charge on any atom is -0.387 e. The second-order valence-electron chi connectivity index (χ2n) is 33.8. The van der Waals surface area contributed by atoms with Crippen LogP contribution in [0.25, 0.3) is 33.5 Å². The zero-order valence-electron chi connectivity index (χ0n) is 79.4. The van der Waals surface area contributed by atoms with Gasteiger partial charge < -0.3 is 161 Å². The molecule has 0 aliphatic carbocycles. The number of nitrogens with one attached hydrogen (secondary N) is 2. The minimum absolute atomic E-state index is 0.0339. The van der Waals surface area contributed by atoms with Gasteiger partial charge in [-0.25, -0.2) is 49.3 Å². The zero-order valence-corrected chi connectivity index (χ0v) is 87.9. The molecule has 10 unspecified atom stereocenters. The van der Waals surface area contributed by atoms with Crippen LogP contribution in [-0.2, 0) is 176 Å². The fraction of sp³-hybridized carbons (Fsp3) is 0.649. The second-order valence-corrected chi connectivity index (χ2v) is 48.6. The van der Waals surface area contributed by atoms with Gasteiger partial charge in [-0.2, -0.15) is 15.0 Å². The molecule has 9 aromatic heterocycles. The van der Waals surface area contributed by atoms with E-state index in [1.165, 1.54) is 95.5 Å². The fourth-order valence-corrected chi connectivity index (χ4v) is 24.8. The summed E-state index contributed by atoms with van der Waals surface area (Å²) < 4.78 is 163. The predicted molar refractivity (Wildman–Crippen MR) is 526 cm³/mol. The van der Waals surface area contributed by atoms with Crippen molar-refractivity contribution in [3.8, 4) is 0 Å². The van der Waals surface area contributed by atoms with Gasteiger partial charge in [-0.05, 0) is 92.6 Å². The van der Waals surface area contributed by atoms with Crippen molar-refractivity contribution >= 4 is 155 Å². The van der Waals surface area contributed by atoms with E-state index in [-0.39, 0.29) is 141 Å². The number of methoxy groups -OCH3 is 5. The summed E-state index contributed by atoms with van der Waals surface area (Å²) in [5, 5.41) is 12.0. The molecule has 28 atom stereocenters. The molecular formula is C77H112N23O36P5S5. The number of aryl methyl sites for hydroxylation is 3. The molecule has 0 aromatic carbocycles. The van der Waals surface area contributed by atoms with Gasteiger partial charge in [0.1, 0.15) is 127 Å². The van der Waals surface area contributed by atoms with Gasteiger partial charge in [-0.1, -0.05) is 6.92 Å². The molecule has 15 heterocycles. The lowest BCUT2D eigenvalue weighted by Gasteiger charge is -2.31. The number of aliphatic hydroxyl groups is 1. The van der Waals surface area contributed by atoms with E-state index in [2.05, 4.69) is 59.8 Å². The van der Waals surface area contributed by atoms with E-state index in [0.29, 0.717) is 17.6 Å². The van der Waals surface area contributed by atoms with Crippen LogP contribution in [0.4, 0.5) is 29.2 Å². The summed E-state index contributed by atoms with van der Waals surface area (Å²) >= 11 is 29.4. The number of rotatable bonds is 52. The number of anilines is 5. The maximum Gasteiger partial charge on any atom is 0.351 e. The summed E-state index contributed by atoms with van der Waals surface area (Å²) in [4.78, 5) is 179. The summed E-state index contributed by atoms with van der Waals surface area (Å²) in [6.07, 6.45) is -23.4. The first-order valence-electron chi connectivity index (χ1n) is 44.9. The van der Waals surface area contributed by atoms with Crippen molar-refractivity contribution in [2.24, 2.45) is 0 Å². The maximum atomic E-state index is 14.2. The topological polar surface area (TPSA) is 758 Å². The second kappa shape index (κ2) is 48.9. The highest BCUT2D eigenvalue weighted by Crippen LogP contribution is 2.58. The first kappa shape index (κ1) is 113. The lowest BCUT2D eigenvalue weighted by molar-refractivity contribution is -0.0828. The van der Waals surface area contributed by atoms with E-state index in [4.69, 9.17) is 204 Å². The number of aliphatic hydroxyl groups excluding tert-OH is 1. The van der Waals surface area contributed by atoms with Crippen molar-refractivity contribution in [2.75, 3.05) is 163 Å². The Bertz CT molecular complexity index is 6650. The third-order valence-corrected chi connectivity index (χ3v) is 32.5. The number of fused-ring (bicyclic) bond motifs is 3. The third-order valence-electron chi connectivity index (χ3n) is 24.0. The Morgan fingerprint density at radius 2 is 0.774 bits per heavy atom. The Hall–Kier alpha value is -7.10. The number of hydrogen-bond donors (Lipinski definition) is 13. The SMILES string of the molecule is CC[C@H]1O[C@@H](n2cnc3c(N)ncnc32)C[C@H]1OP(O)(=S)OC[C@H]1O[C@@H](n2cc(C)c(=O)[nH]c2=O)C(OCCOC)[C@H]1OP(O)(=S)CC[C@H]1O[C@@H](n2cc(C)c(N)nc2=O)C(OCCOC)[C@H]1OP(O)(=S)OC[C@H]1O[C@@H](n2cnc3c(=O)[nH]c(N)nc32)C(OCCOC)[C@H]1OP(O)(=S)OC[C@H]1O[C@@H](n2cc(C)c(N)nc2=O)C(OCCOC)[C@H]1OP(O)(=S)OC[C@H]1O[C@@H](n2cnc3c(N)ncnc32)C(OCCOC)[C@H]1O. The first-order chi connectivity index (χ1) is 69.6. The van der Waals surface area contributed by atoms with Crippen molar-refractivity contribution in [3.05, 3.63) is 119 Å². The van der Waals surface area contributed by atoms with Gasteiger partial charge in [-0.15, -0.1) is 0 Å². The Kier molecular flexibility index (Phi) is 37.8. The van der Waals surface area contributed by atoms with Crippen molar-refractivity contribution < 1.29 is 146 Å². The highest BCUT2D eigenvalue weighted by Gasteiger charge is 2.58. The molecule has 806 valence electrons. The van der Waals surface area contributed by atoms with E-state index < -0.39 is 242 Å². The lowest BCUT2D eigenvalue weighted by Crippen LogP contribution is -2.41. The molecule has 59 nitrogen and oxygen atoms in total. The molecule has 0 amide bonds. The van der Waals surface area contributed by atoms with Crippen LogP contribution in [0.3, 0.4) is 0 Å². The van der Waals surface area contributed by atoms with Crippen LogP contribution in [0.15, 0.2) is 74.2 Å². The number of hydrogen-bond acceptors (Lipinski definition) is 51. The molecule has 0 bridgehead atoms. The summed E-state index contributed by atoms with van der Waals surface area (Å²) in [6, 6.07) is 0. The number of aromatic amines is 2. The maximum absolute atomic E-state index is 14.2. The van der Waals surface area contributed by atoms with Crippen LogP contribution >= 0.6 is 33.4 Å². The molecule has 9 aromatic rings. The van der Waals surface area contributed by atoms with Gasteiger partial charge >= 0.3 is 43.9 Å². The predicted octanol–water partition coefficient (Wildman–Crippen LogP) is -1.05.